The van der Waals surface area contributed by atoms with E-state index in [0.29, 0.717) is 38.0 Å². The summed E-state index contributed by atoms with van der Waals surface area (Å²) in [5.41, 5.74) is 0. The molecule has 3 rings (SSSR count). The summed E-state index contributed by atoms with van der Waals surface area (Å²) in [5, 5.41) is 10.6. The van der Waals surface area contributed by atoms with E-state index in [1.54, 1.807) is 0 Å². The maximum absolute atomic E-state index is 12.0. The first-order valence-electron chi connectivity index (χ1n) is 5.97. The van der Waals surface area contributed by atoms with Crippen molar-refractivity contribution in [3.05, 3.63) is 5.89 Å². The Morgan fingerprint density at radius 3 is 2.67 bits per heavy atom. The van der Waals surface area contributed by atoms with Crippen molar-refractivity contribution in [2.75, 3.05) is 30.9 Å². The zero-order chi connectivity index (χ0) is 12.6. The molecule has 0 atom stereocenters. The quantitative estimate of drug-likeness (QED) is 0.767. The molecule has 0 spiro atoms. The minimum atomic E-state index is -3.58. The highest BCUT2D eigenvalue weighted by Gasteiger charge is 2.31. The SMILES string of the molecule is O=S(=O)(Nc1nnc(C2CC2)o1)N1CCNCC1. The maximum Gasteiger partial charge on any atom is 0.330 e. The van der Waals surface area contributed by atoms with Gasteiger partial charge in [-0.2, -0.15) is 12.7 Å². The molecule has 2 heterocycles. The van der Waals surface area contributed by atoms with Crippen molar-refractivity contribution in [3.8, 4) is 0 Å². The van der Waals surface area contributed by atoms with Crippen molar-refractivity contribution in [1.82, 2.24) is 19.8 Å². The van der Waals surface area contributed by atoms with Crippen LogP contribution in [0.25, 0.3) is 0 Å². The lowest BCUT2D eigenvalue weighted by Crippen LogP contribution is -2.48. The molecule has 18 heavy (non-hydrogen) atoms. The highest BCUT2D eigenvalue weighted by Crippen LogP contribution is 2.39. The van der Waals surface area contributed by atoms with Crippen molar-refractivity contribution in [2.45, 2.75) is 18.8 Å². The highest BCUT2D eigenvalue weighted by molar-refractivity contribution is 7.90. The monoisotopic (exact) mass is 273 g/mol. The Bertz CT molecular complexity index is 518. The third-order valence-corrected chi connectivity index (χ3v) is 4.48. The minimum absolute atomic E-state index is 0.0459. The Morgan fingerprint density at radius 1 is 1.28 bits per heavy atom. The van der Waals surface area contributed by atoms with E-state index >= 15 is 0 Å². The minimum Gasteiger partial charge on any atom is -0.407 e. The van der Waals surface area contributed by atoms with Gasteiger partial charge in [0, 0.05) is 32.1 Å². The number of piperazine rings is 1. The topological polar surface area (TPSA) is 100 Å². The van der Waals surface area contributed by atoms with E-state index in [-0.39, 0.29) is 6.01 Å². The van der Waals surface area contributed by atoms with Crippen LogP contribution in [-0.4, -0.2) is 49.1 Å². The molecule has 0 radical (unpaired) electrons. The van der Waals surface area contributed by atoms with Gasteiger partial charge in [-0.25, -0.2) is 4.72 Å². The van der Waals surface area contributed by atoms with Gasteiger partial charge in [-0.1, -0.05) is 5.10 Å². The van der Waals surface area contributed by atoms with E-state index in [1.807, 2.05) is 0 Å². The number of aromatic nitrogens is 2. The van der Waals surface area contributed by atoms with Crippen LogP contribution in [0, 0.1) is 0 Å². The first kappa shape index (κ1) is 11.9. The maximum atomic E-state index is 12.0. The van der Waals surface area contributed by atoms with Gasteiger partial charge in [0.25, 0.3) is 0 Å². The summed E-state index contributed by atoms with van der Waals surface area (Å²) in [6, 6.07) is -0.0459. The molecule has 2 fully saturated rings. The molecule has 1 aromatic rings. The molecule has 2 N–H and O–H groups in total. The average molecular weight is 273 g/mol. The van der Waals surface area contributed by atoms with Gasteiger partial charge in [0.1, 0.15) is 0 Å². The molecule has 1 aliphatic heterocycles. The predicted octanol–water partition coefficient (Wildman–Crippen LogP) is -0.491. The normalized spacial score (nSPS) is 22.0. The summed E-state index contributed by atoms with van der Waals surface area (Å²) < 4.78 is 33.0. The van der Waals surface area contributed by atoms with Crippen LogP contribution in [0.4, 0.5) is 6.01 Å². The molecule has 1 aromatic heterocycles. The van der Waals surface area contributed by atoms with E-state index in [0.717, 1.165) is 12.8 Å². The Morgan fingerprint density at radius 2 is 2.00 bits per heavy atom. The van der Waals surface area contributed by atoms with E-state index in [2.05, 4.69) is 20.2 Å². The van der Waals surface area contributed by atoms with E-state index in [9.17, 15) is 8.42 Å². The number of nitrogens with zero attached hydrogens (tertiary/aromatic N) is 3. The molecule has 100 valence electrons. The van der Waals surface area contributed by atoms with Gasteiger partial charge < -0.3 is 9.73 Å². The van der Waals surface area contributed by atoms with Crippen LogP contribution < -0.4 is 10.0 Å². The lowest BCUT2D eigenvalue weighted by Gasteiger charge is -2.25. The van der Waals surface area contributed by atoms with Gasteiger partial charge in [0.15, 0.2) is 0 Å². The lowest BCUT2D eigenvalue weighted by molar-refractivity contribution is 0.362. The van der Waals surface area contributed by atoms with Crippen LogP contribution in [0.3, 0.4) is 0 Å². The van der Waals surface area contributed by atoms with E-state index in [1.165, 1.54) is 4.31 Å². The fraction of sp³-hybridized carbons (Fsp3) is 0.778. The van der Waals surface area contributed by atoms with Crippen LogP contribution in [-0.2, 0) is 10.2 Å². The molecular weight excluding hydrogens is 258 g/mol. The molecule has 0 unspecified atom stereocenters. The second kappa shape index (κ2) is 4.48. The second-order valence-electron chi connectivity index (χ2n) is 4.48. The molecule has 1 aliphatic carbocycles. The zero-order valence-corrected chi connectivity index (χ0v) is 10.6. The Hall–Kier alpha value is -1.19. The van der Waals surface area contributed by atoms with Crippen LogP contribution in [0.2, 0.25) is 0 Å². The number of anilines is 1. The standard InChI is InChI=1S/C9H15N5O3S/c15-18(16,14-5-3-10-4-6-14)13-9-12-11-8(17-9)7-1-2-7/h7,10H,1-6H2,(H,12,13). The fourth-order valence-electron chi connectivity index (χ4n) is 1.83. The largest absolute Gasteiger partial charge is 0.407 e. The molecular formula is C9H15N5O3S. The lowest BCUT2D eigenvalue weighted by atomic mass is 10.4. The van der Waals surface area contributed by atoms with Gasteiger partial charge in [0.2, 0.25) is 5.89 Å². The summed E-state index contributed by atoms with van der Waals surface area (Å²) in [4.78, 5) is 0. The van der Waals surface area contributed by atoms with Crippen molar-refractivity contribution in [2.24, 2.45) is 0 Å². The third-order valence-electron chi connectivity index (χ3n) is 3.00. The second-order valence-corrected chi connectivity index (χ2v) is 6.15. The van der Waals surface area contributed by atoms with Crippen LogP contribution in [0.1, 0.15) is 24.7 Å². The smallest absolute Gasteiger partial charge is 0.330 e. The van der Waals surface area contributed by atoms with Crippen LogP contribution >= 0.6 is 0 Å². The Balaban J connectivity index is 1.69. The van der Waals surface area contributed by atoms with Crippen LogP contribution in [0.15, 0.2) is 4.42 Å². The fourth-order valence-corrected chi connectivity index (χ4v) is 2.93. The molecule has 9 heteroatoms. The third kappa shape index (κ3) is 2.47. The molecule has 0 bridgehead atoms. The summed E-state index contributed by atoms with van der Waals surface area (Å²) >= 11 is 0. The number of rotatable bonds is 4. The summed E-state index contributed by atoms with van der Waals surface area (Å²) in [6.45, 7) is 2.19. The van der Waals surface area contributed by atoms with Gasteiger partial charge >= 0.3 is 16.2 Å². The Labute approximate surface area is 105 Å². The van der Waals surface area contributed by atoms with E-state index in [4.69, 9.17) is 4.42 Å². The number of hydrogen-bond donors (Lipinski definition) is 2. The van der Waals surface area contributed by atoms with Gasteiger partial charge in [0.05, 0.1) is 0 Å². The highest BCUT2D eigenvalue weighted by atomic mass is 32.2. The molecule has 0 aromatic carbocycles. The summed E-state index contributed by atoms with van der Waals surface area (Å²) in [7, 11) is -3.58. The summed E-state index contributed by atoms with van der Waals surface area (Å²) in [5.74, 6) is 0.836. The van der Waals surface area contributed by atoms with E-state index < -0.39 is 10.2 Å². The van der Waals surface area contributed by atoms with Crippen molar-refractivity contribution >= 4 is 16.2 Å². The van der Waals surface area contributed by atoms with Gasteiger partial charge in [-0.15, -0.1) is 5.10 Å². The summed E-state index contributed by atoms with van der Waals surface area (Å²) in [6.07, 6.45) is 2.07. The number of nitrogens with one attached hydrogen (secondary N) is 2. The van der Waals surface area contributed by atoms with Gasteiger partial charge in [-0.05, 0) is 12.8 Å². The number of hydrogen-bond acceptors (Lipinski definition) is 6. The predicted molar refractivity (Wildman–Crippen MR) is 63.3 cm³/mol. The van der Waals surface area contributed by atoms with Gasteiger partial charge in [-0.3, -0.25) is 0 Å². The zero-order valence-electron chi connectivity index (χ0n) is 9.79. The molecule has 1 saturated heterocycles. The molecule has 0 amide bonds. The molecule has 1 saturated carbocycles. The Kier molecular flexibility index (Phi) is 2.96. The van der Waals surface area contributed by atoms with Crippen LogP contribution in [0.5, 0.6) is 0 Å². The molecule has 2 aliphatic rings. The molecule has 8 nitrogen and oxygen atoms in total. The van der Waals surface area contributed by atoms with Crippen molar-refractivity contribution < 1.29 is 12.8 Å². The first-order valence-corrected chi connectivity index (χ1v) is 7.41. The average Bonchev–Trinajstić information content (AvgIpc) is 3.12. The van der Waals surface area contributed by atoms with Crippen molar-refractivity contribution in [1.29, 1.82) is 0 Å². The first-order chi connectivity index (χ1) is 8.65. The van der Waals surface area contributed by atoms with Crippen molar-refractivity contribution in [3.63, 3.8) is 0 Å².